The molecule has 152 valence electrons. The summed E-state index contributed by atoms with van der Waals surface area (Å²) < 4.78 is 0. The van der Waals surface area contributed by atoms with Crippen molar-refractivity contribution >= 4 is 50.2 Å². The summed E-state index contributed by atoms with van der Waals surface area (Å²) in [5.41, 5.74) is 13.8. The molecule has 1 aliphatic rings. The zero-order valence-electron chi connectivity index (χ0n) is 17.0. The summed E-state index contributed by atoms with van der Waals surface area (Å²) >= 11 is 3.12. The van der Waals surface area contributed by atoms with Gasteiger partial charge >= 0.3 is 0 Å². The Bertz CT molecular complexity index is 1270. The van der Waals surface area contributed by atoms with Crippen LogP contribution >= 0.6 is 22.7 Å². The summed E-state index contributed by atoms with van der Waals surface area (Å²) in [4.78, 5) is 20.7. The molecule has 1 amide bonds. The lowest BCUT2D eigenvalue weighted by Crippen LogP contribution is -2.13. The number of hydrogen-bond donors (Lipinski definition) is 2. The number of nitrogens with two attached hydrogens (primary N) is 1. The molecule has 3 N–H and O–H groups in total. The number of carbonyl (C=O) groups is 1. The van der Waals surface area contributed by atoms with E-state index in [4.69, 9.17) is 10.7 Å². The van der Waals surface area contributed by atoms with Crippen LogP contribution in [0.5, 0.6) is 0 Å². The third-order valence-electron chi connectivity index (χ3n) is 5.76. The van der Waals surface area contributed by atoms with Crippen LogP contribution in [-0.2, 0) is 12.8 Å². The average molecular weight is 434 g/mol. The molecule has 6 heteroatoms. The molecule has 4 aromatic rings. The van der Waals surface area contributed by atoms with E-state index >= 15 is 0 Å². The third-order valence-corrected chi connectivity index (χ3v) is 7.74. The van der Waals surface area contributed by atoms with Crippen molar-refractivity contribution in [1.82, 2.24) is 4.98 Å². The molecule has 5 rings (SSSR count). The Hall–Kier alpha value is -2.70. The first-order valence-electron chi connectivity index (χ1n) is 10.2. The summed E-state index contributed by atoms with van der Waals surface area (Å²) in [7, 11) is 0. The minimum absolute atomic E-state index is 0.169. The number of hydrogen-bond acceptors (Lipinski definition) is 5. The first-order valence-corrected chi connectivity index (χ1v) is 11.9. The number of benzene rings is 1. The van der Waals surface area contributed by atoms with Crippen molar-refractivity contribution < 1.29 is 4.79 Å². The van der Waals surface area contributed by atoms with Crippen molar-refractivity contribution in [1.29, 1.82) is 0 Å². The summed E-state index contributed by atoms with van der Waals surface area (Å²) in [6.07, 6.45) is 4.34. The number of rotatable bonds is 3. The van der Waals surface area contributed by atoms with Crippen LogP contribution in [0.1, 0.15) is 44.9 Å². The van der Waals surface area contributed by atoms with Gasteiger partial charge in [-0.25, -0.2) is 4.98 Å². The first-order chi connectivity index (χ1) is 14.5. The Morgan fingerprint density at radius 2 is 2.00 bits per heavy atom. The summed E-state index contributed by atoms with van der Waals surface area (Å²) in [5, 5.41) is 6.07. The Labute approximate surface area is 183 Å². The topological polar surface area (TPSA) is 68.0 Å². The monoisotopic (exact) mass is 433 g/mol. The van der Waals surface area contributed by atoms with Gasteiger partial charge in [0, 0.05) is 27.2 Å². The Balaban J connectivity index is 1.65. The maximum Gasteiger partial charge on any atom is 0.267 e. The molecule has 1 aromatic carbocycles. The number of nitrogens with zero attached hydrogens (tertiary/aromatic N) is 1. The van der Waals surface area contributed by atoms with Crippen LogP contribution in [0.4, 0.5) is 11.4 Å². The second-order valence-electron chi connectivity index (χ2n) is 7.89. The maximum atomic E-state index is 13.2. The van der Waals surface area contributed by atoms with E-state index < -0.39 is 0 Å². The highest BCUT2D eigenvalue weighted by atomic mass is 32.1. The minimum atomic E-state index is -0.169. The molecule has 0 radical (unpaired) electrons. The second-order valence-corrected chi connectivity index (χ2v) is 9.84. The van der Waals surface area contributed by atoms with Gasteiger partial charge in [-0.05, 0) is 68.2 Å². The van der Waals surface area contributed by atoms with Gasteiger partial charge in [-0.1, -0.05) is 23.8 Å². The van der Waals surface area contributed by atoms with Crippen molar-refractivity contribution in [3.8, 4) is 10.4 Å². The number of nitrogens with one attached hydrogen (secondary N) is 1. The lowest BCUT2D eigenvalue weighted by Gasteiger charge is -2.19. The molecule has 0 aliphatic heterocycles. The number of carbonyl (C=O) groups excluding carboxylic acids is 1. The maximum absolute atomic E-state index is 13.2. The number of nitrogen functional groups attached to an aromatic ring is 1. The summed E-state index contributed by atoms with van der Waals surface area (Å²) in [5.74, 6) is -0.169. The molecule has 0 spiro atoms. The molecule has 0 saturated carbocycles. The van der Waals surface area contributed by atoms with E-state index in [1.54, 1.807) is 11.3 Å². The van der Waals surface area contributed by atoms with Gasteiger partial charge in [0.1, 0.15) is 9.71 Å². The van der Waals surface area contributed by atoms with Crippen LogP contribution < -0.4 is 11.1 Å². The largest absolute Gasteiger partial charge is 0.397 e. The zero-order chi connectivity index (χ0) is 20.8. The van der Waals surface area contributed by atoms with Gasteiger partial charge in [-0.15, -0.1) is 22.7 Å². The predicted octanol–water partition coefficient (Wildman–Crippen LogP) is 6.35. The molecule has 0 bridgehead atoms. The Kier molecular flexibility index (Phi) is 4.83. The van der Waals surface area contributed by atoms with Crippen molar-refractivity contribution in [3.05, 3.63) is 63.0 Å². The van der Waals surface area contributed by atoms with E-state index in [0.29, 0.717) is 10.6 Å². The van der Waals surface area contributed by atoms with Crippen LogP contribution in [0.3, 0.4) is 0 Å². The van der Waals surface area contributed by atoms with Crippen LogP contribution in [0.25, 0.3) is 20.7 Å². The van der Waals surface area contributed by atoms with Gasteiger partial charge in [0.25, 0.3) is 5.91 Å². The van der Waals surface area contributed by atoms with Gasteiger partial charge in [0.05, 0.1) is 5.69 Å². The van der Waals surface area contributed by atoms with Gasteiger partial charge < -0.3 is 11.1 Å². The van der Waals surface area contributed by atoms with Gasteiger partial charge in [0.2, 0.25) is 0 Å². The van der Waals surface area contributed by atoms with E-state index in [1.807, 2.05) is 26.0 Å². The van der Waals surface area contributed by atoms with Crippen molar-refractivity contribution in [2.45, 2.75) is 39.5 Å². The molecule has 0 saturated heterocycles. The average Bonchev–Trinajstić information content (AvgIpc) is 3.37. The second kappa shape index (κ2) is 7.52. The van der Waals surface area contributed by atoms with E-state index in [9.17, 15) is 4.79 Å². The minimum Gasteiger partial charge on any atom is -0.397 e. The molecule has 4 nitrogen and oxygen atoms in total. The van der Waals surface area contributed by atoms with Crippen LogP contribution in [0, 0.1) is 13.8 Å². The van der Waals surface area contributed by atoms with Gasteiger partial charge in [-0.3, -0.25) is 4.79 Å². The van der Waals surface area contributed by atoms with Crippen LogP contribution in [0.2, 0.25) is 0 Å². The number of aryl methyl sites for hydroxylation is 3. The Morgan fingerprint density at radius 1 is 1.17 bits per heavy atom. The lowest BCUT2D eigenvalue weighted by molar-refractivity contribution is 0.103. The van der Waals surface area contributed by atoms with Gasteiger partial charge in [-0.2, -0.15) is 0 Å². The third kappa shape index (κ3) is 3.20. The van der Waals surface area contributed by atoms with Crippen molar-refractivity contribution in [3.63, 3.8) is 0 Å². The number of thiophene rings is 2. The van der Waals surface area contributed by atoms with Gasteiger partial charge in [0.15, 0.2) is 0 Å². The fourth-order valence-electron chi connectivity index (χ4n) is 4.30. The molecule has 3 heterocycles. The normalized spacial score (nSPS) is 13.4. The van der Waals surface area contributed by atoms with Crippen LogP contribution in [-0.4, -0.2) is 10.9 Å². The highest BCUT2D eigenvalue weighted by Gasteiger charge is 2.26. The number of fused-ring (bicyclic) bond motifs is 2. The molecule has 1 aliphatic carbocycles. The SMILES string of the molecule is Cc1ccc(NC(=O)c2sc3nc4c(c(-c5cccs5)c3c2N)CCCC4)c(C)c1. The fraction of sp³-hybridized carbons (Fsp3) is 0.250. The van der Waals surface area contributed by atoms with E-state index in [0.717, 1.165) is 40.7 Å². The first kappa shape index (κ1) is 19.3. The van der Waals surface area contributed by atoms with Crippen LogP contribution in [0.15, 0.2) is 35.7 Å². The lowest BCUT2D eigenvalue weighted by atomic mass is 9.90. The van der Waals surface area contributed by atoms with Crippen molar-refractivity contribution in [2.75, 3.05) is 11.1 Å². The van der Waals surface area contributed by atoms with E-state index in [-0.39, 0.29) is 5.91 Å². The predicted molar refractivity (Wildman–Crippen MR) is 128 cm³/mol. The summed E-state index contributed by atoms with van der Waals surface area (Å²) in [6.45, 7) is 4.05. The number of amides is 1. The number of aromatic nitrogens is 1. The summed E-state index contributed by atoms with van der Waals surface area (Å²) in [6, 6.07) is 10.2. The molecular weight excluding hydrogens is 410 g/mol. The van der Waals surface area contributed by atoms with Crippen molar-refractivity contribution in [2.24, 2.45) is 0 Å². The molecule has 30 heavy (non-hydrogen) atoms. The van der Waals surface area contributed by atoms with E-state index in [1.165, 1.54) is 45.0 Å². The molecule has 3 aromatic heterocycles. The quantitative estimate of drug-likeness (QED) is 0.395. The molecule has 0 fully saturated rings. The number of anilines is 2. The highest BCUT2D eigenvalue weighted by molar-refractivity contribution is 7.21. The zero-order valence-corrected chi connectivity index (χ0v) is 18.7. The smallest absolute Gasteiger partial charge is 0.267 e. The standard InChI is InChI=1S/C24H23N3OS2/c1-13-9-10-16(14(2)12-13)26-23(28)22-21(25)20-19(18-8-5-11-29-18)15-6-3-4-7-17(15)27-24(20)30-22/h5,8-12H,3-4,6-7,25H2,1-2H3,(H,26,28). The highest BCUT2D eigenvalue weighted by Crippen LogP contribution is 2.45. The van der Waals surface area contributed by atoms with E-state index in [2.05, 4.69) is 28.9 Å². The Morgan fingerprint density at radius 3 is 2.77 bits per heavy atom. The molecule has 0 unspecified atom stereocenters. The molecule has 0 atom stereocenters. The number of pyridine rings is 1. The molecular formula is C24H23N3OS2. The fourth-order valence-corrected chi connectivity index (χ4v) is 6.12.